The van der Waals surface area contributed by atoms with Crippen LogP contribution in [0.5, 0.6) is 0 Å². The molecule has 0 saturated heterocycles. The molecule has 0 aliphatic rings. The van der Waals surface area contributed by atoms with Crippen molar-refractivity contribution in [2.75, 3.05) is 11.1 Å². The molecule has 3 N–H and O–H groups in total. The van der Waals surface area contributed by atoms with E-state index in [1.54, 1.807) is 6.20 Å². The summed E-state index contributed by atoms with van der Waals surface area (Å²) < 4.78 is 0. The molecular formula is C16H16N4. The summed E-state index contributed by atoms with van der Waals surface area (Å²) in [7, 11) is 0. The number of rotatable bonds is 3. The maximum absolute atomic E-state index is 5.98. The van der Waals surface area contributed by atoms with Gasteiger partial charge in [0.25, 0.3) is 0 Å². The minimum Gasteiger partial charge on any atom is -0.398 e. The van der Waals surface area contributed by atoms with Crippen molar-refractivity contribution in [1.29, 1.82) is 0 Å². The lowest BCUT2D eigenvalue weighted by molar-refractivity contribution is 1.09. The number of aromatic nitrogens is 2. The summed E-state index contributed by atoms with van der Waals surface area (Å²) >= 11 is 0. The molecule has 100 valence electrons. The number of benzene rings is 1. The SMILES string of the molecule is Cc1cnccc1CNc1ccc(N)c2cccnc12. The van der Waals surface area contributed by atoms with Gasteiger partial charge in [0.2, 0.25) is 0 Å². The zero-order valence-electron chi connectivity index (χ0n) is 11.3. The molecule has 4 heteroatoms. The van der Waals surface area contributed by atoms with Crippen molar-refractivity contribution < 1.29 is 0 Å². The maximum Gasteiger partial charge on any atom is 0.0953 e. The molecule has 0 atom stereocenters. The van der Waals surface area contributed by atoms with E-state index in [1.807, 2.05) is 42.7 Å². The van der Waals surface area contributed by atoms with Gasteiger partial charge in [-0.2, -0.15) is 0 Å². The highest BCUT2D eigenvalue weighted by Crippen LogP contribution is 2.26. The molecule has 2 heterocycles. The zero-order valence-corrected chi connectivity index (χ0v) is 11.3. The minimum absolute atomic E-state index is 0.740. The van der Waals surface area contributed by atoms with Gasteiger partial charge in [0.05, 0.1) is 11.2 Å². The number of nitrogens with two attached hydrogens (primary N) is 1. The molecule has 0 aliphatic heterocycles. The van der Waals surface area contributed by atoms with Crippen molar-refractivity contribution in [2.45, 2.75) is 13.5 Å². The van der Waals surface area contributed by atoms with Gasteiger partial charge in [-0.3, -0.25) is 9.97 Å². The predicted octanol–water partition coefficient (Wildman–Crippen LogP) is 3.13. The van der Waals surface area contributed by atoms with Crippen LogP contribution in [-0.4, -0.2) is 9.97 Å². The Bertz CT molecular complexity index is 752. The van der Waals surface area contributed by atoms with Crippen molar-refractivity contribution >= 4 is 22.3 Å². The van der Waals surface area contributed by atoms with Crippen LogP contribution in [0.2, 0.25) is 0 Å². The van der Waals surface area contributed by atoms with Crippen molar-refractivity contribution in [1.82, 2.24) is 9.97 Å². The van der Waals surface area contributed by atoms with Crippen LogP contribution in [0.3, 0.4) is 0 Å². The normalized spacial score (nSPS) is 10.7. The Morgan fingerprint density at radius 3 is 2.90 bits per heavy atom. The van der Waals surface area contributed by atoms with Gasteiger partial charge in [0, 0.05) is 36.2 Å². The Hall–Kier alpha value is -2.62. The predicted molar refractivity (Wildman–Crippen MR) is 82.5 cm³/mol. The summed E-state index contributed by atoms with van der Waals surface area (Å²) in [5.41, 5.74) is 11.0. The number of nitrogens with zero attached hydrogens (tertiary/aromatic N) is 2. The third-order valence-electron chi connectivity index (χ3n) is 3.41. The lowest BCUT2D eigenvalue weighted by Gasteiger charge is -2.11. The standard InChI is InChI=1S/C16H16N4/c1-11-9-18-8-6-12(11)10-20-15-5-4-14(17)13-3-2-7-19-16(13)15/h2-9,20H,10,17H2,1H3. The van der Waals surface area contributed by atoms with Crippen LogP contribution in [-0.2, 0) is 6.54 Å². The van der Waals surface area contributed by atoms with Crippen LogP contribution in [0.1, 0.15) is 11.1 Å². The highest BCUT2D eigenvalue weighted by molar-refractivity contribution is 5.98. The summed E-state index contributed by atoms with van der Waals surface area (Å²) in [6.07, 6.45) is 5.46. The van der Waals surface area contributed by atoms with Crippen molar-refractivity contribution in [3.63, 3.8) is 0 Å². The fraction of sp³-hybridized carbons (Fsp3) is 0.125. The maximum atomic E-state index is 5.98. The molecule has 20 heavy (non-hydrogen) atoms. The van der Waals surface area contributed by atoms with Crippen LogP contribution < -0.4 is 11.1 Å². The molecule has 0 aliphatic carbocycles. The molecule has 0 fully saturated rings. The van der Waals surface area contributed by atoms with Crippen LogP contribution >= 0.6 is 0 Å². The van der Waals surface area contributed by atoms with E-state index < -0.39 is 0 Å². The van der Waals surface area contributed by atoms with E-state index in [-0.39, 0.29) is 0 Å². The highest BCUT2D eigenvalue weighted by Gasteiger charge is 2.05. The first-order chi connectivity index (χ1) is 9.75. The van der Waals surface area contributed by atoms with Gasteiger partial charge in [-0.15, -0.1) is 0 Å². The Morgan fingerprint density at radius 2 is 2.05 bits per heavy atom. The third-order valence-corrected chi connectivity index (χ3v) is 3.41. The summed E-state index contributed by atoms with van der Waals surface area (Å²) in [5.74, 6) is 0. The van der Waals surface area contributed by atoms with Crippen LogP contribution in [0.15, 0.2) is 48.9 Å². The molecule has 0 saturated carbocycles. The van der Waals surface area contributed by atoms with Crippen LogP contribution in [0, 0.1) is 6.92 Å². The molecule has 4 nitrogen and oxygen atoms in total. The first-order valence-electron chi connectivity index (χ1n) is 6.52. The average Bonchev–Trinajstić information content (AvgIpc) is 2.48. The van der Waals surface area contributed by atoms with Gasteiger partial charge in [-0.25, -0.2) is 0 Å². The minimum atomic E-state index is 0.740. The second kappa shape index (κ2) is 5.17. The Labute approximate surface area is 117 Å². The third kappa shape index (κ3) is 2.28. The van der Waals surface area contributed by atoms with Gasteiger partial charge in [0.1, 0.15) is 0 Å². The molecule has 3 aromatic rings. The number of nitrogens with one attached hydrogen (secondary N) is 1. The molecule has 0 radical (unpaired) electrons. The number of hydrogen-bond donors (Lipinski definition) is 2. The lowest BCUT2D eigenvalue weighted by atomic mass is 10.1. The van der Waals surface area contributed by atoms with Crippen molar-refractivity contribution in [2.24, 2.45) is 0 Å². The molecule has 2 aromatic heterocycles. The van der Waals surface area contributed by atoms with E-state index in [4.69, 9.17) is 5.73 Å². The highest BCUT2D eigenvalue weighted by atomic mass is 14.9. The van der Waals surface area contributed by atoms with E-state index in [0.29, 0.717) is 0 Å². The largest absolute Gasteiger partial charge is 0.398 e. The van der Waals surface area contributed by atoms with E-state index in [0.717, 1.165) is 28.8 Å². The van der Waals surface area contributed by atoms with Gasteiger partial charge < -0.3 is 11.1 Å². The summed E-state index contributed by atoms with van der Waals surface area (Å²) in [6, 6.07) is 9.79. The second-order valence-corrected chi connectivity index (χ2v) is 4.76. The summed E-state index contributed by atoms with van der Waals surface area (Å²) in [5, 5.41) is 4.40. The van der Waals surface area contributed by atoms with Crippen molar-refractivity contribution in [3.05, 3.63) is 60.0 Å². The topological polar surface area (TPSA) is 63.8 Å². The van der Waals surface area contributed by atoms with Gasteiger partial charge in [0.15, 0.2) is 0 Å². The Kier molecular flexibility index (Phi) is 3.21. The molecule has 1 aromatic carbocycles. The fourth-order valence-electron chi connectivity index (χ4n) is 2.23. The molecular weight excluding hydrogens is 248 g/mol. The number of hydrogen-bond acceptors (Lipinski definition) is 4. The first-order valence-corrected chi connectivity index (χ1v) is 6.52. The monoisotopic (exact) mass is 264 g/mol. The molecule has 0 spiro atoms. The van der Waals surface area contributed by atoms with E-state index in [9.17, 15) is 0 Å². The first kappa shape index (κ1) is 12.4. The summed E-state index contributed by atoms with van der Waals surface area (Å²) in [6.45, 7) is 2.80. The lowest BCUT2D eigenvalue weighted by Crippen LogP contribution is -2.03. The van der Waals surface area contributed by atoms with Gasteiger partial charge in [-0.05, 0) is 48.4 Å². The van der Waals surface area contributed by atoms with Crippen LogP contribution in [0.4, 0.5) is 11.4 Å². The summed E-state index contributed by atoms with van der Waals surface area (Å²) in [4.78, 5) is 8.53. The van der Waals surface area contributed by atoms with Gasteiger partial charge in [-0.1, -0.05) is 0 Å². The number of anilines is 2. The van der Waals surface area contributed by atoms with Gasteiger partial charge >= 0.3 is 0 Å². The van der Waals surface area contributed by atoms with Crippen LogP contribution in [0.25, 0.3) is 10.9 Å². The molecule has 0 amide bonds. The van der Waals surface area contributed by atoms with E-state index in [2.05, 4.69) is 22.2 Å². The number of pyridine rings is 2. The quantitative estimate of drug-likeness (QED) is 0.713. The molecule has 3 rings (SSSR count). The second-order valence-electron chi connectivity index (χ2n) is 4.76. The zero-order chi connectivity index (χ0) is 13.9. The Balaban J connectivity index is 1.92. The number of aryl methyl sites for hydroxylation is 1. The molecule has 0 unspecified atom stereocenters. The number of fused-ring (bicyclic) bond motifs is 1. The fourth-order valence-corrected chi connectivity index (χ4v) is 2.23. The van der Waals surface area contributed by atoms with E-state index in [1.165, 1.54) is 11.1 Å². The Morgan fingerprint density at radius 1 is 1.15 bits per heavy atom. The molecule has 0 bridgehead atoms. The number of nitrogen functional groups attached to an aromatic ring is 1. The average molecular weight is 264 g/mol. The smallest absolute Gasteiger partial charge is 0.0953 e. The van der Waals surface area contributed by atoms with E-state index >= 15 is 0 Å². The van der Waals surface area contributed by atoms with Crippen molar-refractivity contribution in [3.8, 4) is 0 Å².